The van der Waals surface area contributed by atoms with Crippen LogP contribution in [0.4, 0.5) is 0 Å². The summed E-state index contributed by atoms with van der Waals surface area (Å²) in [5.74, 6) is 0. The fraction of sp³-hybridized carbons (Fsp3) is 0.727. The largest absolute Gasteiger partial charge is 0.315 e. The Morgan fingerprint density at radius 1 is 1.32 bits per heavy atom. The number of aryl methyl sites for hydroxylation is 1. The maximum Gasteiger partial charge on any atom is 0.305 e. The van der Waals surface area contributed by atoms with Crippen LogP contribution in [0.5, 0.6) is 0 Å². The van der Waals surface area contributed by atoms with Crippen molar-refractivity contribution in [2.45, 2.75) is 56.3 Å². The highest BCUT2D eigenvalue weighted by atomic mass is 32.2. The summed E-state index contributed by atoms with van der Waals surface area (Å²) in [6.45, 7) is 5.60. The minimum atomic E-state index is -3.67. The summed E-state index contributed by atoms with van der Waals surface area (Å²) in [6, 6.07) is 0.323. The smallest absolute Gasteiger partial charge is 0.305 e. The van der Waals surface area contributed by atoms with Gasteiger partial charge in [0.05, 0.1) is 0 Å². The number of H-pyrrole nitrogens is 1. The van der Waals surface area contributed by atoms with Crippen LogP contribution in [0.15, 0.2) is 9.00 Å². The van der Waals surface area contributed by atoms with Gasteiger partial charge in [0.25, 0.3) is 10.0 Å². The van der Waals surface area contributed by atoms with Crippen molar-refractivity contribution in [1.82, 2.24) is 14.8 Å². The molecule has 2 atom stereocenters. The lowest BCUT2D eigenvalue weighted by atomic mass is 10.0. The van der Waals surface area contributed by atoms with E-state index in [1.54, 1.807) is 11.9 Å². The molecule has 6 nitrogen and oxygen atoms in total. The van der Waals surface area contributed by atoms with Crippen molar-refractivity contribution in [3.63, 3.8) is 0 Å². The third-order valence-electron chi connectivity index (χ3n) is 3.44. The maximum atomic E-state index is 12.3. The van der Waals surface area contributed by atoms with Gasteiger partial charge >= 0.3 is 4.87 Å². The van der Waals surface area contributed by atoms with E-state index in [2.05, 4.69) is 9.82 Å². The molecule has 1 aliphatic heterocycles. The van der Waals surface area contributed by atoms with Crippen molar-refractivity contribution < 1.29 is 8.42 Å². The lowest BCUT2D eigenvalue weighted by Gasteiger charge is -2.38. The van der Waals surface area contributed by atoms with Crippen molar-refractivity contribution in [3.8, 4) is 0 Å². The molecule has 2 unspecified atom stereocenters. The van der Waals surface area contributed by atoms with Crippen molar-refractivity contribution in [2.24, 2.45) is 0 Å². The van der Waals surface area contributed by atoms with E-state index in [4.69, 9.17) is 0 Å². The van der Waals surface area contributed by atoms with Crippen molar-refractivity contribution in [2.75, 3.05) is 0 Å². The van der Waals surface area contributed by atoms with Gasteiger partial charge in [0.15, 0.2) is 4.21 Å². The molecule has 0 aliphatic carbocycles. The number of nitrogens with zero attached hydrogens (tertiary/aromatic N) is 1. The summed E-state index contributed by atoms with van der Waals surface area (Å²) in [5.41, 5.74) is 0.389. The van der Waals surface area contributed by atoms with Gasteiger partial charge in [-0.3, -0.25) is 4.79 Å². The molecule has 108 valence electrons. The van der Waals surface area contributed by atoms with E-state index in [0.717, 1.165) is 30.6 Å². The molecule has 2 rings (SSSR count). The SMILES string of the molecule is Cc1[nH]c(=O)sc1S(=O)(=O)NN1C(C)CCCC1C. The first-order valence-electron chi connectivity index (χ1n) is 6.32. The van der Waals surface area contributed by atoms with Gasteiger partial charge < -0.3 is 4.98 Å². The van der Waals surface area contributed by atoms with Gasteiger partial charge in [0.1, 0.15) is 0 Å². The minimum Gasteiger partial charge on any atom is -0.315 e. The second-order valence-electron chi connectivity index (χ2n) is 5.06. The van der Waals surface area contributed by atoms with Crippen LogP contribution in [-0.4, -0.2) is 30.5 Å². The Morgan fingerprint density at radius 2 is 1.89 bits per heavy atom. The fourth-order valence-electron chi connectivity index (χ4n) is 2.43. The van der Waals surface area contributed by atoms with Crippen LogP contribution in [0, 0.1) is 6.92 Å². The number of hydrazine groups is 1. The van der Waals surface area contributed by atoms with Gasteiger partial charge in [0, 0.05) is 17.8 Å². The van der Waals surface area contributed by atoms with Gasteiger partial charge in [-0.05, 0) is 33.6 Å². The Labute approximate surface area is 116 Å². The number of aromatic amines is 1. The number of hydrogen-bond acceptors (Lipinski definition) is 5. The van der Waals surface area contributed by atoms with E-state index in [0.29, 0.717) is 5.69 Å². The molecule has 2 N–H and O–H groups in total. The quantitative estimate of drug-likeness (QED) is 0.879. The zero-order chi connectivity index (χ0) is 14.2. The van der Waals surface area contributed by atoms with Crippen LogP contribution >= 0.6 is 11.3 Å². The van der Waals surface area contributed by atoms with Crippen LogP contribution in [0.3, 0.4) is 0 Å². The van der Waals surface area contributed by atoms with Crippen LogP contribution in [0.25, 0.3) is 0 Å². The first-order valence-corrected chi connectivity index (χ1v) is 8.61. The average molecular weight is 305 g/mol. The molecule has 0 radical (unpaired) electrons. The molecule has 0 aromatic carbocycles. The molecular weight excluding hydrogens is 286 g/mol. The number of aromatic nitrogens is 1. The molecule has 1 saturated heterocycles. The molecule has 8 heteroatoms. The van der Waals surface area contributed by atoms with Crippen LogP contribution < -0.4 is 9.70 Å². The molecule has 1 aliphatic rings. The Morgan fingerprint density at radius 3 is 2.37 bits per heavy atom. The van der Waals surface area contributed by atoms with E-state index in [-0.39, 0.29) is 21.2 Å². The van der Waals surface area contributed by atoms with Gasteiger partial charge in [-0.2, -0.15) is 0 Å². The Bertz CT molecular complexity index is 595. The zero-order valence-electron chi connectivity index (χ0n) is 11.3. The van der Waals surface area contributed by atoms with Crippen LogP contribution in [0.2, 0.25) is 0 Å². The topological polar surface area (TPSA) is 82.3 Å². The number of thiazole rings is 1. The molecule has 0 saturated carbocycles. The predicted octanol–water partition coefficient (Wildman–Crippen LogP) is 1.20. The Hall–Kier alpha value is -0.700. The molecule has 1 aromatic heterocycles. The number of nitrogens with one attached hydrogen (secondary N) is 2. The molecule has 2 heterocycles. The molecule has 19 heavy (non-hydrogen) atoms. The molecule has 0 spiro atoms. The minimum absolute atomic E-state index is 0.0717. The summed E-state index contributed by atoms with van der Waals surface area (Å²) >= 11 is 0.724. The first-order chi connectivity index (χ1) is 8.81. The van der Waals surface area contributed by atoms with Gasteiger partial charge in [-0.1, -0.05) is 17.8 Å². The van der Waals surface area contributed by atoms with Crippen molar-refractivity contribution in [1.29, 1.82) is 0 Å². The van der Waals surface area contributed by atoms with E-state index >= 15 is 0 Å². The predicted molar refractivity (Wildman–Crippen MR) is 74.6 cm³/mol. The second kappa shape index (κ2) is 5.35. The molecule has 0 amide bonds. The highest BCUT2D eigenvalue weighted by Gasteiger charge is 2.30. The summed E-state index contributed by atoms with van der Waals surface area (Å²) in [4.78, 5) is 16.0. The van der Waals surface area contributed by atoms with Gasteiger partial charge in [-0.25, -0.2) is 13.4 Å². The summed E-state index contributed by atoms with van der Waals surface area (Å²) in [7, 11) is -3.67. The number of sulfonamides is 1. The third kappa shape index (κ3) is 3.07. The first kappa shape index (κ1) is 14.7. The van der Waals surface area contributed by atoms with Crippen molar-refractivity contribution >= 4 is 21.4 Å². The molecule has 1 aromatic rings. The summed E-state index contributed by atoms with van der Waals surface area (Å²) < 4.78 is 24.7. The normalized spacial score (nSPS) is 25.6. The van der Waals surface area contributed by atoms with E-state index in [1.807, 2.05) is 13.8 Å². The summed E-state index contributed by atoms with van der Waals surface area (Å²) in [6.07, 6.45) is 3.04. The standard InChI is InChI=1S/C11H19N3O3S2/c1-7-5-4-6-8(2)14(7)13-19(16,17)10-9(3)12-11(15)18-10/h7-8,13H,4-6H2,1-3H3,(H,12,15). The molecule has 0 bridgehead atoms. The maximum absolute atomic E-state index is 12.3. The van der Waals surface area contributed by atoms with E-state index in [1.165, 1.54) is 0 Å². The lowest BCUT2D eigenvalue weighted by Crippen LogP contribution is -2.53. The Kier molecular flexibility index (Phi) is 4.14. The van der Waals surface area contributed by atoms with Gasteiger partial charge in [0.2, 0.25) is 0 Å². The average Bonchev–Trinajstić information content (AvgIpc) is 2.64. The highest BCUT2D eigenvalue weighted by molar-refractivity contribution is 7.91. The lowest BCUT2D eigenvalue weighted by molar-refractivity contribution is 0.0791. The van der Waals surface area contributed by atoms with E-state index in [9.17, 15) is 13.2 Å². The molecule has 1 fully saturated rings. The van der Waals surface area contributed by atoms with Crippen LogP contribution in [0.1, 0.15) is 38.8 Å². The summed E-state index contributed by atoms with van der Waals surface area (Å²) in [5, 5.41) is 1.78. The zero-order valence-corrected chi connectivity index (χ0v) is 12.9. The fourth-order valence-corrected chi connectivity index (χ4v) is 4.96. The number of hydrogen-bond donors (Lipinski definition) is 2. The highest BCUT2D eigenvalue weighted by Crippen LogP contribution is 2.23. The number of rotatable bonds is 3. The monoisotopic (exact) mass is 305 g/mol. The van der Waals surface area contributed by atoms with Gasteiger partial charge in [-0.15, -0.1) is 4.83 Å². The third-order valence-corrected chi connectivity index (χ3v) is 6.38. The van der Waals surface area contributed by atoms with E-state index < -0.39 is 10.0 Å². The number of piperidine rings is 1. The van der Waals surface area contributed by atoms with Crippen molar-refractivity contribution in [3.05, 3.63) is 15.4 Å². The Balaban J connectivity index is 2.26. The molecular formula is C11H19N3O3S2. The van der Waals surface area contributed by atoms with Crippen LogP contribution in [-0.2, 0) is 10.0 Å². The second-order valence-corrected chi connectivity index (χ2v) is 7.90.